The first-order valence-corrected chi connectivity index (χ1v) is 7.49. The molecule has 0 amide bonds. The van der Waals surface area contributed by atoms with Crippen LogP contribution in [0.4, 0.5) is 10.1 Å². The minimum Gasteiger partial charge on any atom is -0.497 e. The molecule has 0 aromatic heterocycles. The predicted molar refractivity (Wildman–Crippen MR) is 81.1 cm³/mol. The van der Waals surface area contributed by atoms with Gasteiger partial charge in [0.2, 0.25) is 0 Å². The van der Waals surface area contributed by atoms with Gasteiger partial charge in [0.05, 0.1) is 12.8 Å². The summed E-state index contributed by atoms with van der Waals surface area (Å²) in [6.07, 6.45) is 3.26. The van der Waals surface area contributed by atoms with Gasteiger partial charge in [-0.2, -0.15) is 0 Å². The summed E-state index contributed by atoms with van der Waals surface area (Å²) in [5.74, 6) is 0.539. The standard InChI is InChI=1S/C16H25FN2O/c1-4-8-18-13-7-9-19(12(2)10-13)16-11-14(20-3)5-6-15(16)17/h5-6,11-13,18H,4,7-10H2,1-3H3. The van der Waals surface area contributed by atoms with E-state index in [1.54, 1.807) is 19.2 Å². The van der Waals surface area contributed by atoms with E-state index in [2.05, 4.69) is 24.1 Å². The maximum atomic E-state index is 14.1. The molecule has 1 aliphatic rings. The number of nitrogens with zero attached hydrogens (tertiary/aromatic N) is 1. The van der Waals surface area contributed by atoms with Crippen molar-refractivity contribution in [1.29, 1.82) is 0 Å². The van der Waals surface area contributed by atoms with E-state index >= 15 is 0 Å². The molecule has 1 aromatic carbocycles. The SMILES string of the molecule is CCCNC1CCN(c2cc(OC)ccc2F)C(C)C1. The quantitative estimate of drug-likeness (QED) is 0.896. The fourth-order valence-electron chi connectivity index (χ4n) is 2.90. The molecule has 2 unspecified atom stereocenters. The van der Waals surface area contributed by atoms with Crippen molar-refractivity contribution < 1.29 is 9.13 Å². The van der Waals surface area contributed by atoms with Gasteiger partial charge in [-0.3, -0.25) is 0 Å². The zero-order chi connectivity index (χ0) is 14.5. The number of methoxy groups -OCH3 is 1. The average Bonchev–Trinajstić information content (AvgIpc) is 2.46. The van der Waals surface area contributed by atoms with Gasteiger partial charge >= 0.3 is 0 Å². The molecule has 4 heteroatoms. The third-order valence-electron chi connectivity index (χ3n) is 4.02. The van der Waals surface area contributed by atoms with E-state index in [1.807, 2.05) is 0 Å². The van der Waals surface area contributed by atoms with E-state index in [4.69, 9.17) is 4.74 Å². The molecule has 0 radical (unpaired) electrons. The molecule has 2 atom stereocenters. The summed E-state index contributed by atoms with van der Waals surface area (Å²) in [7, 11) is 1.61. The first-order chi connectivity index (χ1) is 9.65. The van der Waals surface area contributed by atoms with Crippen LogP contribution < -0.4 is 15.0 Å². The van der Waals surface area contributed by atoms with Crippen molar-refractivity contribution in [2.24, 2.45) is 0 Å². The largest absolute Gasteiger partial charge is 0.497 e. The van der Waals surface area contributed by atoms with Crippen LogP contribution in [0.1, 0.15) is 33.1 Å². The van der Waals surface area contributed by atoms with Gasteiger partial charge in [0.15, 0.2) is 0 Å². The summed E-state index contributed by atoms with van der Waals surface area (Å²) in [6, 6.07) is 5.84. The van der Waals surface area contributed by atoms with Gasteiger partial charge in [0.25, 0.3) is 0 Å². The van der Waals surface area contributed by atoms with Crippen molar-refractivity contribution in [3.05, 3.63) is 24.0 Å². The molecular weight excluding hydrogens is 255 g/mol. The predicted octanol–water partition coefficient (Wildman–Crippen LogP) is 3.19. The van der Waals surface area contributed by atoms with Gasteiger partial charge in [-0.1, -0.05) is 6.92 Å². The summed E-state index contributed by atoms with van der Waals surface area (Å²) in [4.78, 5) is 2.15. The number of nitrogens with one attached hydrogen (secondary N) is 1. The van der Waals surface area contributed by atoms with Crippen LogP contribution in [0.3, 0.4) is 0 Å². The zero-order valence-electron chi connectivity index (χ0n) is 12.7. The second-order valence-corrected chi connectivity index (χ2v) is 5.54. The van der Waals surface area contributed by atoms with E-state index in [0.717, 1.165) is 32.4 Å². The number of halogens is 1. The number of piperidine rings is 1. The summed E-state index contributed by atoms with van der Waals surface area (Å²) in [5.41, 5.74) is 0.658. The topological polar surface area (TPSA) is 24.5 Å². The van der Waals surface area contributed by atoms with Crippen molar-refractivity contribution in [1.82, 2.24) is 5.32 Å². The number of benzene rings is 1. The lowest BCUT2D eigenvalue weighted by Gasteiger charge is -2.39. The molecule has 0 bridgehead atoms. The van der Waals surface area contributed by atoms with Crippen LogP contribution in [-0.2, 0) is 0 Å². The van der Waals surface area contributed by atoms with Gasteiger partial charge in [-0.15, -0.1) is 0 Å². The first kappa shape index (κ1) is 15.1. The van der Waals surface area contributed by atoms with Crippen LogP contribution in [-0.4, -0.2) is 32.3 Å². The molecule has 20 heavy (non-hydrogen) atoms. The maximum Gasteiger partial charge on any atom is 0.146 e. The normalized spacial score (nSPS) is 22.9. The molecule has 1 N–H and O–H groups in total. The fourth-order valence-corrected chi connectivity index (χ4v) is 2.90. The number of ether oxygens (including phenoxy) is 1. The van der Waals surface area contributed by atoms with Crippen LogP contribution in [0.2, 0.25) is 0 Å². The van der Waals surface area contributed by atoms with Crippen LogP contribution in [0.5, 0.6) is 5.75 Å². The van der Waals surface area contributed by atoms with Crippen molar-refractivity contribution in [3.8, 4) is 5.75 Å². The van der Waals surface area contributed by atoms with Crippen LogP contribution in [0.25, 0.3) is 0 Å². The maximum absolute atomic E-state index is 14.1. The van der Waals surface area contributed by atoms with Crippen molar-refractivity contribution >= 4 is 5.69 Å². The van der Waals surface area contributed by atoms with Crippen molar-refractivity contribution in [2.45, 2.75) is 45.2 Å². The van der Waals surface area contributed by atoms with Crippen molar-refractivity contribution in [3.63, 3.8) is 0 Å². The molecule has 3 nitrogen and oxygen atoms in total. The minimum absolute atomic E-state index is 0.169. The molecule has 1 saturated heterocycles. The molecule has 0 aliphatic carbocycles. The van der Waals surface area contributed by atoms with Gasteiger partial charge in [0, 0.05) is 24.7 Å². The summed E-state index contributed by atoms with van der Waals surface area (Å²) < 4.78 is 19.3. The van der Waals surface area contributed by atoms with E-state index in [1.165, 1.54) is 6.07 Å². The summed E-state index contributed by atoms with van der Waals surface area (Å²) in [6.45, 7) is 6.29. The number of hydrogen-bond acceptors (Lipinski definition) is 3. The van der Waals surface area contributed by atoms with Crippen LogP contribution in [0.15, 0.2) is 18.2 Å². The van der Waals surface area contributed by atoms with Crippen molar-refractivity contribution in [2.75, 3.05) is 25.1 Å². The Balaban J connectivity index is 2.07. The number of hydrogen-bond donors (Lipinski definition) is 1. The molecule has 2 rings (SSSR count). The summed E-state index contributed by atoms with van der Waals surface area (Å²) in [5, 5.41) is 3.57. The minimum atomic E-state index is -0.169. The lowest BCUT2D eigenvalue weighted by atomic mass is 9.97. The Morgan fingerprint density at radius 3 is 2.90 bits per heavy atom. The molecule has 0 saturated carbocycles. The molecule has 1 fully saturated rings. The second-order valence-electron chi connectivity index (χ2n) is 5.54. The third-order valence-corrected chi connectivity index (χ3v) is 4.02. The van der Waals surface area contributed by atoms with E-state index in [-0.39, 0.29) is 5.82 Å². The smallest absolute Gasteiger partial charge is 0.146 e. The Morgan fingerprint density at radius 2 is 2.25 bits per heavy atom. The number of rotatable bonds is 5. The third kappa shape index (κ3) is 3.42. The lowest BCUT2D eigenvalue weighted by molar-refractivity contribution is 0.365. The van der Waals surface area contributed by atoms with Gasteiger partial charge in [0.1, 0.15) is 11.6 Å². The Labute approximate surface area is 121 Å². The molecule has 1 heterocycles. The second kappa shape index (κ2) is 6.93. The van der Waals surface area contributed by atoms with Gasteiger partial charge < -0.3 is 15.0 Å². The molecule has 0 spiro atoms. The van der Waals surface area contributed by atoms with Crippen LogP contribution >= 0.6 is 0 Å². The van der Waals surface area contributed by atoms with E-state index in [9.17, 15) is 4.39 Å². The Morgan fingerprint density at radius 1 is 1.45 bits per heavy atom. The fraction of sp³-hybridized carbons (Fsp3) is 0.625. The highest BCUT2D eigenvalue weighted by atomic mass is 19.1. The van der Waals surface area contributed by atoms with Gasteiger partial charge in [-0.05, 0) is 44.9 Å². The van der Waals surface area contributed by atoms with E-state index in [0.29, 0.717) is 23.5 Å². The highest BCUT2D eigenvalue weighted by Gasteiger charge is 2.27. The van der Waals surface area contributed by atoms with Gasteiger partial charge in [-0.25, -0.2) is 4.39 Å². The van der Waals surface area contributed by atoms with E-state index < -0.39 is 0 Å². The summed E-state index contributed by atoms with van der Waals surface area (Å²) >= 11 is 0. The monoisotopic (exact) mass is 280 g/mol. The molecule has 1 aromatic rings. The molecular formula is C16H25FN2O. The highest BCUT2D eigenvalue weighted by molar-refractivity contribution is 5.53. The highest BCUT2D eigenvalue weighted by Crippen LogP contribution is 2.30. The zero-order valence-corrected chi connectivity index (χ0v) is 12.7. The number of anilines is 1. The molecule has 1 aliphatic heterocycles. The Hall–Kier alpha value is -1.29. The average molecular weight is 280 g/mol. The Bertz CT molecular complexity index is 438. The first-order valence-electron chi connectivity index (χ1n) is 7.49. The molecule has 112 valence electrons. The lowest BCUT2D eigenvalue weighted by Crippen LogP contribution is -2.48. The van der Waals surface area contributed by atoms with Crippen LogP contribution in [0, 0.1) is 5.82 Å². The Kier molecular flexibility index (Phi) is 5.24.